The van der Waals surface area contributed by atoms with E-state index in [9.17, 15) is 4.79 Å². The maximum absolute atomic E-state index is 11.1. The summed E-state index contributed by atoms with van der Waals surface area (Å²) in [6.45, 7) is 7.64. The Morgan fingerprint density at radius 1 is 1.41 bits per heavy atom. The maximum atomic E-state index is 11.1. The van der Waals surface area contributed by atoms with Crippen molar-refractivity contribution in [1.29, 1.82) is 0 Å². The van der Waals surface area contributed by atoms with Gasteiger partial charge >= 0.3 is 5.97 Å². The number of ether oxygens (including phenoxy) is 2. The van der Waals surface area contributed by atoms with Gasteiger partial charge in [-0.3, -0.25) is 4.79 Å². The quantitative estimate of drug-likeness (QED) is 0.658. The highest BCUT2D eigenvalue weighted by molar-refractivity contribution is 5.86. The number of carbonyl (C=O) groups is 1. The molecule has 0 aromatic carbocycles. The second-order valence-electron chi connectivity index (χ2n) is 4.89. The van der Waals surface area contributed by atoms with E-state index >= 15 is 0 Å². The molecular weight excluding hydrogens is 218 g/mol. The van der Waals surface area contributed by atoms with Crippen LogP contribution in [0.2, 0.25) is 0 Å². The normalized spacial score (nSPS) is 20.2. The third-order valence-electron chi connectivity index (χ3n) is 2.40. The molecule has 0 aliphatic carbocycles. The highest BCUT2D eigenvalue weighted by Gasteiger charge is 2.24. The smallest absolute Gasteiger partial charge is 0.303 e. The number of nitrogens with zero attached hydrogens (tertiary/aromatic N) is 1. The summed E-state index contributed by atoms with van der Waals surface area (Å²) in [5.74, 6) is 0.0295. The molecule has 0 fully saturated rings. The minimum Gasteiger partial charge on any atom is -0.481 e. The first kappa shape index (κ1) is 13.5. The Morgan fingerprint density at radius 3 is 2.53 bits per heavy atom. The molecule has 0 spiro atoms. The molecule has 0 saturated heterocycles. The Kier molecular flexibility index (Phi) is 4.10. The van der Waals surface area contributed by atoms with Crippen molar-refractivity contribution < 1.29 is 14.3 Å². The molecule has 1 unspecified atom stereocenters. The van der Waals surface area contributed by atoms with Crippen LogP contribution in [-0.2, 0) is 14.3 Å². The highest BCUT2D eigenvalue weighted by atomic mass is 16.6. The van der Waals surface area contributed by atoms with Crippen LogP contribution < -0.4 is 0 Å². The topological polar surface area (TPSA) is 47.9 Å². The van der Waals surface area contributed by atoms with Crippen molar-refractivity contribution in [3.63, 3.8) is 0 Å². The van der Waals surface area contributed by atoms with Gasteiger partial charge in [-0.15, -0.1) is 0 Å². The lowest BCUT2D eigenvalue weighted by molar-refractivity contribution is -0.142. The number of rotatable bonds is 1. The molecule has 0 aromatic heterocycles. The van der Waals surface area contributed by atoms with E-state index in [0.717, 1.165) is 5.57 Å². The third-order valence-corrected chi connectivity index (χ3v) is 2.40. The Labute approximate surface area is 102 Å². The lowest BCUT2D eigenvalue weighted by Gasteiger charge is -2.21. The molecule has 0 radical (unpaired) electrons. The van der Waals surface area contributed by atoms with Crippen molar-refractivity contribution in [2.75, 3.05) is 7.11 Å². The van der Waals surface area contributed by atoms with E-state index in [1.54, 1.807) is 6.20 Å². The first-order chi connectivity index (χ1) is 7.84. The van der Waals surface area contributed by atoms with Gasteiger partial charge in [-0.2, -0.15) is 0 Å². The number of hydrogen-bond donors (Lipinski definition) is 0. The van der Waals surface area contributed by atoms with Crippen molar-refractivity contribution >= 4 is 11.9 Å². The summed E-state index contributed by atoms with van der Waals surface area (Å²) < 4.78 is 10.3. The Balaban J connectivity index is 3.06. The molecule has 1 aliphatic rings. The van der Waals surface area contributed by atoms with Gasteiger partial charge in [0.1, 0.15) is 0 Å². The number of carbonyl (C=O) groups excluding carboxylic acids is 1. The van der Waals surface area contributed by atoms with E-state index < -0.39 is 6.10 Å². The number of hydrogen-bond acceptors (Lipinski definition) is 4. The van der Waals surface area contributed by atoms with Crippen molar-refractivity contribution in [3.05, 3.63) is 23.9 Å². The van der Waals surface area contributed by atoms with Crippen LogP contribution in [0.15, 0.2) is 28.9 Å². The van der Waals surface area contributed by atoms with Gasteiger partial charge in [0.2, 0.25) is 5.90 Å². The summed E-state index contributed by atoms with van der Waals surface area (Å²) in [5.41, 5.74) is 1.02. The zero-order valence-corrected chi connectivity index (χ0v) is 11.0. The molecule has 0 amide bonds. The minimum absolute atomic E-state index is 0.0341. The lowest BCUT2D eigenvalue weighted by Crippen LogP contribution is -2.26. The molecule has 94 valence electrons. The van der Waals surface area contributed by atoms with E-state index in [-0.39, 0.29) is 11.4 Å². The second-order valence-corrected chi connectivity index (χ2v) is 4.89. The van der Waals surface area contributed by atoms with Gasteiger partial charge < -0.3 is 9.47 Å². The molecule has 0 N–H and O–H groups in total. The number of aliphatic imine (C=N–C) groups is 1. The van der Waals surface area contributed by atoms with Crippen molar-refractivity contribution in [2.45, 2.75) is 33.8 Å². The van der Waals surface area contributed by atoms with E-state index in [2.05, 4.69) is 25.8 Å². The van der Waals surface area contributed by atoms with Crippen LogP contribution in [0.1, 0.15) is 27.7 Å². The van der Waals surface area contributed by atoms with Gasteiger partial charge in [0.25, 0.3) is 0 Å². The summed E-state index contributed by atoms with van der Waals surface area (Å²) in [6.07, 6.45) is 4.89. The average Bonchev–Trinajstić information content (AvgIpc) is 2.38. The van der Waals surface area contributed by atoms with E-state index in [1.165, 1.54) is 14.0 Å². The fraction of sp³-hybridized carbons (Fsp3) is 0.538. The average molecular weight is 237 g/mol. The van der Waals surface area contributed by atoms with Crippen molar-refractivity contribution in [2.24, 2.45) is 10.4 Å². The van der Waals surface area contributed by atoms with Crippen LogP contribution in [0.3, 0.4) is 0 Å². The van der Waals surface area contributed by atoms with Gasteiger partial charge in [0.05, 0.1) is 7.11 Å². The van der Waals surface area contributed by atoms with Crippen molar-refractivity contribution in [3.8, 4) is 0 Å². The van der Waals surface area contributed by atoms with Gasteiger partial charge in [-0.25, -0.2) is 4.99 Å². The van der Waals surface area contributed by atoms with Gasteiger partial charge in [0, 0.05) is 13.1 Å². The summed E-state index contributed by atoms with van der Waals surface area (Å²) >= 11 is 0. The summed E-state index contributed by atoms with van der Waals surface area (Å²) in [4.78, 5) is 15.2. The second kappa shape index (κ2) is 5.17. The molecule has 4 nitrogen and oxygen atoms in total. The van der Waals surface area contributed by atoms with Crippen molar-refractivity contribution in [1.82, 2.24) is 0 Å². The molecule has 1 heterocycles. The van der Waals surface area contributed by atoms with Crippen LogP contribution >= 0.6 is 0 Å². The SMILES string of the molecule is COC1=NC=CC(C(C)(C)C)=CC1OC(C)=O. The minimum atomic E-state index is -0.554. The zero-order valence-electron chi connectivity index (χ0n) is 11.0. The van der Waals surface area contributed by atoms with Crippen LogP contribution in [-0.4, -0.2) is 25.1 Å². The van der Waals surface area contributed by atoms with Crippen LogP contribution in [0.25, 0.3) is 0 Å². The summed E-state index contributed by atoms with van der Waals surface area (Å²) in [7, 11) is 1.51. The summed E-state index contributed by atoms with van der Waals surface area (Å²) in [5, 5.41) is 0. The molecular formula is C13H19NO3. The van der Waals surface area contributed by atoms with Gasteiger partial charge in [-0.05, 0) is 23.1 Å². The first-order valence-electron chi connectivity index (χ1n) is 5.52. The number of esters is 1. The molecule has 1 rings (SSSR count). The van der Waals surface area contributed by atoms with E-state index in [0.29, 0.717) is 5.90 Å². The van der Waals surface area contributed by atoms with Crippen LogP contribution in [0.5, 0.6) is 0 Å². The Bertz CT molecular complexity index is 386. The lowest BCUT2D eigenvalue weighted by atomic mass is 9.85. The molecule has 4 heteroatoms. The third kappa shape index (κ3) is 3.73. The van der Waals surface area contributed by atoms with E-state index in [1.807, 2.05) is 12.2 Å². The standard InChI is InChI=1S/C13H19NO3/c1-9(15)17-11-8-10(13(2,3)4)6-7-14-12(11)16-5/h6-8,11H,1-5H3. The zero-order chi connectivity index (χ0) is 13.1. The largest absolute Gasteiger partial charge is 0.481 e. The van der Waals surface area contributed by atoms with Crippen LogP contribution in [0.4, 0.5) is 0 Å². The monoisotopic (exact) mass is 237 g/mol. The fourth-order valence-electron chi connectivity index (χ4n) is 1.49. The Hall–Kier alpha value is -1.58. The van der Waals surface area contributed by atoms with Gasteiger partial charge in [-0.1, -0.05) is 20.8 Å². The highest BCUT2D eigenvalue weighted by Crippen LogP contribution is 2.28. The number of methoxy groups -OCH3 is 1. The molecule has 1 atom stereocenters. The fourth-order valence-corrected chi connectivity index (χ4v) is 1.49. The van der Waals surface area contributed by atoms with E-state index in [4.69, 9.17) is 9.47 Å². The maximum Gasteiger partial charge on any atom is 0.303 e. The molecule has 1 aliphatic heterocycles. The number of allylic oxidation sites excluding steroid dienone is 2. The molecule has 17 heavy (non-hydrogen) atoms. The Morgan fingerprint density at radius 2 is 2.06 bits per heavy atom. The molecule has 0 saturated carbocycles. The van der Waals surface area contributed by atoms with Gasteiger partial charge in [0.15, 0.2) is 6.10 Å². The van der Waals surface area contributed by atoms with Crippen LogP contribution in [0, 0.1) is 5.41 Å². The summed E-state index contributed by atoms with van der Waals surface area (Å²) in [6, 6.07) is 0. The predicted octanol–water partition coefficient (Wildman–Crippen LogP) is 2.46. The predicted molar refractivity (Wildman–Crippen MR) is 66.7 cm³/mol. The molecule has 0 aromatic rings. The molecule has 0 bridgehead atoms. The first-order valence-corrected chi connectivity index (χ1v) is 5.52.